The first-order chi connectivity index (χ1) is 14.0. The SMILES string of the molecule is Cc1ccc(C(=O)N2CCCC(c3nn(C)c(=O)n3Cc3ccccc3)C2)cn1. The lowest BCUT2D eigenvalue weighted by Crippen LogP contribution is -2.40. The zero-order valence-corrected chi connectivity index (χ0v) is 16.8. The molecule has 0 N–H and O–H groups in total. The van der Waals surface area contributed by atoms with Crippen LogP contribution in [0.1, 0.15) is 46.2 Å². The molecule has 3 aromatic rings. The van der Waals surface area contributed by atoms with Crippen LogP contribution in [0.5, 0.6) is 0 Å². The van der Waals surface area contributed by atoms with E-state index < -0.39 is 0 Å². The van der Waals surface area contributed by atoms with Gasteiger partial charge in [0.2, 0.25) is 0 Å². The van der Waals surface area contributed by atoms with Crippen molar-refractivity contribution in [1.29, 1.82) is 0 Å². The van der Waals surface area contributed by atoms with Crippen LogP contribution < -0.4 is 5.69 Å². The van der Waals surface area contributed by atoms with Crippen LogP contribution >= 0.6 is 0 Å². The number of aryl methyl sites for hydroxylation is 2. The Morgan fingerprint density at radius 2 is 1.97 bits per heavy atom. The van der Waals surface area contributed by atoms with E-state index in [0.717, 1.165) is 29.9 Å². The minimum atomic E-state index is -0.130. The number of hydrogen-bond acceptors (Lipinski definition) is 4. The molecule has 1 aromatic carbocycles. The minimum Gasteiger partial charge on any atom is -0.338 e. The van der Waals surface area contributed by atoms with Gasteiger partial charge in [-0.15, -0.1) is 0 Å². The molecule has 2 aromatic heterocycles. The fraction of sp³-hybridized carbons (Fsp3) is 0.364. The molecule has 1 atom stereocenters. The molecule has 0 radical (unpaired) electrons. The molecule has 150 valence electrons. The van der Waals surface area contributed by atoms with E-state index in [1.54, 1.807) is 17.8 Å². The van der Waals surface area contributed by atoms with Gasteiger partial charge in [-0.2, -0.15) is 5.10 Å². The molecular weight excluding hydrogens is 366 g/mol. The first-order valence-electron chi connectivity index (χ1n) is 9.92. The Kier molecular flexibility index (Phi) is 5.29. The molecule has 7 heteroatoms. The first-order valence-corrected chi connectivity index (χ1v) is 9.92. The van der Waals surface area contributed by atoms with E-state index in [0.29, 0.717) is 25.2 Å². The van der Waals surface area contributed by atoms with Gasteiger partial charge in [-0.1, -0.05) is 30.3 Å². The van der Waals surface area contributed by atoms with E-state index in [9.17, 15) is 9.59 Å². The van der Waals surface area contributed by atoms with Gasteiger partial charge in [0.05, 0.1) is 12.1 Å². The smallest absolute Gasteiger partial charge is 0.338 e. The van der Waals surface area contributed by atoms with Gasteiger partial charge in [0, 0.05) is 37.9 Å². The maximum Gasteiger partial charge on any atom is 0.345 e. The number of amides is 1. The highest BCUT2D eigenvalue weighted by Crippen LogP contribution is 2.26. The topological polar surface area (TPSA) is 73.0 Å². The monoisotopic (exact) mass is 391 g/mol. The predicted octanol–water partition coefficient (Wildman–Crippen LogP) is 2.35. The van der Waals surface area contributed by atoms with Crippen LogP contribution in [0, 0.1) is 6.92 Å². The van der Waals surface area contributed by atoms with Crippen molar-refractivity contribution in [2.24, 2.45) is 7.05 Å². The molecule has 0 bridgehead atoms. The van der Waals surface area contributed by atoms with Gasteiger partial charge in [0.15, 0.2) is 0 Å². The largest absolute Gasteiger partial charge is 0.345 e. The molecule has 3 heterocycles. The Bertz CT molecular complexity index is 1050. The molecule has 1 amide bonds. The summed E-state index contributed by atoms with van der Waals surface area (Å²) in [6, 6.07) is 13.6. The Morgan fingerprint density at radius 3 is 2.69 bits per heavy atom. The van der Waals surface area contributed by atoms with Crippen LogP contribution in [-0.2, 0) is 13.6 Å². The maximum absolute atomic E-state index is 12.9. The number of carbonyl (C=O) groups excluding carboxylic acids is 1. The lowest BCUT2D eigenvalue weighted by molar-refractivity contribution is 0.0702. The number of carbonyl (C=O) groups is 1. The fourth-order valence-electron chi connectivity index (χ4n) is 3.89. The second-order valence-electron chi connectivity index (χ2n) is 7.61. The highest BCUT2D eigenvalue weighted by molar-refractivity contribution is 5.94. The third-order valence-corrected chi connectivity index (χ3v) is 5.45. The van der Waals surface area contributed by atoms with Gasteiger partial charge in [-0.05, 0) is 37.5 Å². The quantitative estimate of drug-likeness (QED) is 0.684. The van der Waals surface area contributed by atoms with Crippen molar-refractivity contribution in [2.45, 2.75) is 32.2 Å². The number of nitrogens with zero attached hydrogens (tertiary/aromatic N) is 5. The van der Waals surface area contributed by atoms with Crippen LogP contribution in [0.15, 0.2) is 53.5 Å². The van der Waals surface area contributed by atoms with Crippen molar-refractivity contribution in [3.05, 3.63) is 81.8 Å². The standard InChI is InChI=1S/C22H25N5O2/c1-16-10-11-18(13-23-16)21(28)26-12-6-9-19(15-26)20-24-25(2)22(29)27(20)14-17-7-4-3-5-8-17/h3-5,7-8,10-11,13,19H,6,9,12,14-15H2,1-2H3. The van der Waals surface area contributed by atoms with Crippen molar-refractivity contribution >= 4 is 5.91 Å². The molecule has 0 spiro atoms. The number of pyridine rings is 1. The third kappa shape index (κ3) is 3.99. The summed E-state index contributed by atoms with van der Waals surface area (Å²) < 4.78 is 3.13. The molecule has 0 aliphatic carbocycles. The lowest BCUT2D eigenvalue weighted by Gasteiger charge is -2.32. The number of piperidine rings is 1. The average molecular weight is 391 g/mol. The average Bonchev–Trinajstić information content (AvgIpc) is 3.03. The number of likely N-dealkylation sites (tertiary alicyclic amines) is 1. The van der Waals surface area contributed by atoms with Crippen LogP contribution in [0.3, 0.4) is 0 Å². The first kappa shape index (κ1) is 19.1. The van der Waals surface area contributed by atoms with Crippen molar-refractivity contribution in [1.82, 2.24) is 24.2 Å². The number of benzene rings is 1. The van der Waals surface area contributed by atoms with E-state index in [2.05, 4.69) is 10.1 Å². The second kappa shape index (κ2) is 8.03. The molecule has 1 aliphatic heterocycles. The molecule has 1 aliphatic rings. The van der Waals surface area contributed by atoms with Gasteiger partial charge < -0.3 is 4.90 Å². The van der Waals surface area contributed by atoms with Crippen molar-refractivity contribution < 1.29 is 4.79 Å². The molecule has 7 nitrogen and oxygen atoms in total. The Balaban J connectivity index is 1.58. The molecule has 1 fully saturated rings. The maximum atomic E-state index is 12.9. The van der Waals surface area contributed by atoms with Crippen LogP contribution in [0.2, 0.25) is 0 Å². The molecule has 0 saturated carbocycles. The summed E-state index contributed by atoms with van der Waals surface area (Å²) in [6.45, 7) is 3.64. The van der Waals surface area contributed by atoms with Gasteiger partial charge in [0.1, 0.15) is 5.82 Å². The second-order valence-corrected chi connectivity index (χ2v) is 7.61. The minimum absolute atomic E-state index is 0.0184. The van der Waals surface area contributed by atoms with E-state index in [-0.39, 0.29) is 17.5 Å². The van der Waals surface area contributed by atoms with Crippen molar-refractivity contribution in [2.75, 3.05) is 13.1 Å². The van der Waals surface area contributed by atoms with Crippen molar-refractivity contribution in [3.8, 4) is 0 Å². The molecule has 29 heavy (non-hydrogen) atoms. The Hall–Kier alpha value is -3.22. The summed E-state index contributed by atoms with van der Waals surface area (Å²) in [5.74, 6) is 0.764. The van der Waals surface area contributed by atoms with Gasteiger partial charge in [-0.3, -0.25) is 14.3 Å². The number of rotatable bonds is 4. The summed E-state index contributed by atoms with van der Waals surface area (Å²) in [6.07, 6.45) is 3.42. The molecular formula is C22H25N5O2. The normalized spacial score (nSPS) is 16.8. The van der Waals surface area contributed by atoms with Gasteiger partial charge in [0.25, 0.3) is 5.91 Å². The summed E-state index contributed by atoms with van der Waals surface area (Å²) >= 11 is 0. The summed E-state index contributed by atoms with van der Waals surface area (Å²) in [4.78, 5) is 31.7. The third-order valence-electron chi connectivity index (χ3n) is 5.45. The zero-order valence-electron chi connectivity index (χ0n) is 16.8. The number of aromatic nitrogens is 4. The Labute approximate surface area is 169 Å². The van der Waals surface area contributed by atoms with E-state index in [4.69, 9.17) is 0 Å². The van der Waals surface area contributed by atoms with Gasteiger partial charge in [-0.25, -0.2) is 9.48 Å². The zero-order chi connectivity index (χ0) is 20.4. The van der Waals surface area contributed by atoms with E-state index in [1.807, 2.05) is 54.3 Å². The van der Waals surface area contributed by atoms with Gasteiger partial charge >= 0.3 is 5.69 Å². The molecule has 1 unspecified atom stereocenters. The van der Waals surface area contributed by atoms with E-state index in [1.165, 1.54) is 4.68 Å². The highest BCUT2D eigenvalue weighted by Gasteiger charge is 2.29. The predicted molar refractivity (Wildman–Crippen MR) is 110 cm³/mol. The summed E-state index contributed by atoms with van der Waals surface area (Å²) in [5, 5.41) is 4.52. The summed E-state index contributed by atoms with van der Waals surface area (Å²) in [7, 11) is 1.68. The van der Waals surface area contributed by atoms with Crippen LogP contribution in [0.4, 0.5) is 0 Å². The fourth-order valence-corrected chi connectivity index (χ4v) is 3.89. The van der Waals surface area contributed by atoms with Crippen molar-refractivity contribution in [3.63, 3.8) is 0 Å². The summed E-state index contributed by atoms with van der Waals surface area (Å²) in [5.41, 5.74) is 2.41. The van der Waals surface area contributed by atoms with Crippen LogP contribution in [0.25, 0.3) is 0 Å². The van der Waals surface area contributed by atoms with Crippen LogP contribution in [-0.4, -0.2) is 43.2 Å². The highest BCUT2D eigenvalue weighted by atomic mass is 16.2. The lowest BCUT2D eigenvalue weighted by atomic mass is 9.96. The molecule has 1 saturated heterocycles. The van der Waals surface area contributed by atoms with E-state index >= 15 is 0 Å². The number of hydrogen-bond donors (Lipinski definition) is 0. The molecule has 4 rings (SSSR count). The Morgan fingerprint density at radius 1 is 1.17 bits per heavy atom.